The van der Waals surface area contributed by atoms with Gasteiger partial charge in [0, 0.05) is 12.0 Å². The Kier molecular flexibility index (Phi) is 4.83. The molecule has 136 valence electrons. The van der Waals surface area contributed by atoms with Crippen LogP contribution < -0.4 is 9.64 Å². The average Bonchev–Trinajstić information content (AvgIpc) is 2.77. The molecule has 0 fully saturated rings. The highest BCUT2D eigenvalue weighted by atomic mass is 16.5. The van der Waals surface area contributed by atoms with Gasteiger partial charge in [0.15, 0.2) is 5.60 Å². The molecule has 1 amide bonds. The summed E-state index contributed by atoms with van der Waals surface area (Å²) < 4.78 is 5.76. The predicted molar refractivity (Wildman–Crippen MR) is 99.4 cm³/mol. The first-order valence-corrected chi connectivity index (χ1v) is 8.66. The second-order valence-electron chi connectivity index (χ2n) is 6.83. The Labute approximate surface area is 153 Å². The van der Waals surface area contributed by atoms with Crippen molar-refractivity contribution in [2.75, 3.05) is 18.1 Å². The molecule has 0 saturated heterocycles. The summed E-state index contributed by atoms with van der Waals surface area (Å²) in [4.78, 5) is 26.1. The summed E-state index contributed by atoms with van der Waals surface area (Å²) in [5.74, 6) is 0.0386. The molecule has 1 N–H and O–H groups in total. The van der Waals surface area contributed by atoms with Gasteiger partial charge in [0.05, 0.1) is 12.2 Å². The van der Waals surface area contributed by atoms with Crippen molar-refractivity contribution in [1.29, 1.82) is 0 Å². The molecular formula is C21H23NO4. The SMILES string of the molecule is CC(=O)C[C@]1(O)C(=O)N(CCOc2cccc(C)c2)c2c(C)cccc21. The van der Waals surface area contributed by atoms with Crippen molar-refractivity contribution in [2.24, 2.45) is 0 Å². The minimum Gasteiger partial charge on any atom is -0.492 e. The molecule has 2 aromatic rings. The van der Waals surface area contributed by atoms with Gasteiger partial charge in [-0.25, -0.2) is 0 Å². The van der Waals surface area contributed by atoms with Gasteiger partial charge in [0.25, 0.3) is 5.91 Å². The summed E-state index contributed by atoms with van der Waals surface area (Å²) in [6.45, 7) is 5.84. The zero-order chi connectivity index (χ0) is 18.9. The summed E-state index contributed by atoms with van der Waals surface area (Å²) in [6, 6.07) is 13.1. The molecule has 1 aliphatic heterocycles. The lowest BCUT2D eigenvalue weighted by molar-refractivity contribution is -0.141. The lowest BCUT2D eigenvalue weighted by Gasteiger charge is -2.22. The predicted octanol–water partition coefficient (Wildman–Crippen LogP) is 2.90. The molecule has 26 heavy (non-hydrogen) atoms. The Morgan fingerprint density at radius 1 is 1.19 bits per heavy atom. The molecular weight excluding hydrogens is 330 g/mol. The van der Waals surface area contributed by atoms with Crippen LogP contribution in [-0.4, -0.2) is 29.9 Å². The zero-order valence-corrected chi connectivity index (χ0v) is 15.3. The van der Waals surface area contributed by atoms with E-state index in [0.717, 1.165) is 16.9 Å². The van der Waals surface area contributed by atoms with Crippen molar-refractivity contribution in [3.63, 3.8) is 0 Å². The van der Waals surface area contributed by atoms with Crippen LogP contribution in [0, 0.1) is 13.8 Å². The third-order valence-electron chi connectivity index (χ3n) is 4.63. The summed E-state index contributed by atoms with van der Waals surface area (Å²) in [6.07, 6.45) is -0.225. The van der Waals surface area contributed by atoms with Crippen molar-refractivity contribution in [3.8, 4) is 5.75 Å². The summed E-state index contributed by atoms with van der Waals surface area (Å²) in [5, 5.41) is 11.0. The third-order valence-corrected chi connectivity index (χ3v) is 4.63. The lowest BCUT2D eigenvalue weighted by atomic mass is 9.89. The van der Waals surface area contributed by atoms with Crippen LogP contribution in [0.2, 0.25) is 0 Å². The number of hydrogen-bond acceptors (Lipinski definition) is 4. The van der Waals surface area contributed by atoms with E-state index in [1.54, 1.807) is 12.1 Å². The number of anilines is 1. The maximum absolute atomic E-state index is 12.9. The molecule has 0 aromatic heterocycles. The van der Waals surface area contributed by atoms with Gasteiger partial charge in [-0.1, -0.05) is 30.3 Å². The first-order valence-electron chi connectivity index (χ1n) is 8.66. The molecule has 0 unspecified atom stereocenters. The minimum atomic E-state index is -1.80. The van der Waals surface area contributed by atoms with Crippen molar-refractivity contribution >= 4 is 17.4 Å². The molecule has 0 radical (unpaired) electrons. The fourth-order valence-electron chi connectivity index (χ4n) is 3.50. The van der Waals surface area contributed by atoms with E-state index in [2.05, 4.69) is 0 Å². The number of rotatable bonds is 6. The number of aryl methyl sites for hydroxylation is 2. The number of fused-ring (bicyclic) bond motifs is 1. The molecule has 3 rings (SSSR count). The fourth-order valence-corrected chi connectivity index (χ4v) is 3.50. The number of amides is 1. The summed E-state index contributed by atoms with van der Waals surface area (Å²) >= 11 is 0. The van der Waals surface area contributed by atoms with E-state index in [0.29, 0.717) is 24.4 Å². The van der Waals surface area contributed by atoms with Crippen LogP contribution in [0.25, 0.3) is 0 Å². The maximum Gasteiger partial charge on any atom is 0.264 e. The summed E-state index contributed by atoms with van der Waals surface area (Å²) in [5.41, 5.74) is 1.35. The third kappa shape index (κ3) is 3.22. The number of carbonyl (C=O) groups is 2. The number of nitrogens with zero attached hydrogens (tertiary/aromatic N) is 1. The van der Waals surface area contributed by atoms with Crippen LogP contribution in [0.4, 0.5) is 5.69 Å². The molecule has 2 aromatic carbocycles. The van der Waals surface area contributed by atoms with Crippen molar-refractivity contribution in [2.45, 2.75) is 32.8 Å². The Morgan fingerprint density at radius 3 is 2.62 bits per heavy atom. The molecule has 1 aliphatic rings. The van der Waals surface area contributed by atoms with Gasteiger partial charge in [-0.15, -0.1) is 0 Å². The number of benzene rings is 2. The highest BCUT2D eigenvalue weighted by Gasteiger charge is 2.50. The van der Waals surface area contributed by atoms with Crippen LogP contribution in [0.1, 0.15) is 30.0 Å². The van der Waals surface area contributed by atoms with Gasteiger partial charge in [-0.05, 0) is 44.0 Å². The first kappa shape index (κ1) is 18.1. The lowest BCUT2D eigenvalue weighted by Crippen LogP contribution is -2.43. The summed E-state index contributed by atoms with van der Waals surface area (Å²) in [7, 11) is 0. The average molecular weight is 353 g/mol. The smallest absolute Gasteiger partial charge is 0.264 e. The number of para-hydroxylation sites is 1. The second kappa shape index (κ2) is 6.92. The van der Waals surface area contributed by atoms with E-state index >= 15 is 0 Å². The van der Waals surface area contributed by atoms with E-state index in [1.807, 2.05) is 44.2 Å². The highest BCUT2D eigenvalue weighted by molar-refractivity contribution is 6.09. The Hall–Kier alpha value is -2.66. The number of hydrogen-bond donors (Lipinski definition) is 1. The van der Waals surface area contributed by atoms with Crippen molar-refractivity contribution < 1.29 is 19.4 Å². The molecule has 5 heteroatoms. The largest absolute Gasteiger partial charge is 0.492 e. The minimum absolute atomic E-state index is 0.225. The van der Waals surface area contributed by atoms with E-state index in [-0.39, 0.29) is 12.2 Å². The quantitative estimate of drug-likeness (QED) is 0.867. The Bertz CT molecular complexity index is 861. The van der Waals surface area contributed by atoms with Crippen LogP contribution in [0.15, 0.2) is 42.5 Å². The zero-order valence-electron chi connectivity index (χ0n) is 15.3. The van der Waals surface area contributed by atoms with Gasteiger partial charge in [-0.3, -0.25) is 9.59 Å². The topological polar surface area (TPSA) is 66.8 Å². The van der Waals surface area contributed by atoms with Crippen LogP contribution >= 0.6 is 0 Å². The van der Waals surface area contributed by atoms with E-state index < -0.39 is 11.5 Å². The van der Waals surface area contributed by atoms with Gasteiger partial charge >= 0.3 is 0 Å². The number of carbonyl (C=O) groups excluding carboxylic acids is 2. The fraction of sp³-hybridized carbons (Fsp3) is 0.333. The standard InChI is InChI=1S/C21H23NO4/c1-14-6-4-8-17(12-14)26-11-10-22-19-15(2)7-5-9-18(19)21(25,20(22)24)13-16(3)23/h4-9,12,25H,10-11,13H2,1-3H3/t21-/m1/s1. The normalized spacial score (nSPS) is 18.8. The highest BCUT2D eigenvalue weighted by Crippen LogP contribution is 2.44. The van der Waals surface area contributed by atoms with Crippen LogP contribution in [-0.2, 0) is 15.2 Å². The van der Waals surface area contributed by atoms with E-state index in [4.69, 9.17) is 4.74 Å². The van der Waals surface area contributed by atoms with Gasteiger partial charge in [0.1, 0.15) is 18.1 Å². The van der Waals surface area contributed by atoms with Crippen LogP contribution in [0.3, 0.4) is 0 Å². The molecule has 5 nitrogen and oxygen atoms in total. The van der Waals surface area contributed by atoms with Gasteiger partial charge in [0.2, 0.25) is 0 Å². The molecule has 1 heterocycles. The first-order chi connectivity index (χ1) is 12.3. The molecule has 0 saturated carbocycles. The maximum atomic E-state index is 12.9. The number of aliphatic hydroxyl groups is 1. The van der Waals surface area contributed by atoms with E-state index in [9.17, 15) is 14.7 Å². The van der Waals surface area contributed by atoms with Gasteiger partial charge in [-0.2, -0.15) is 0 Å². The monoisotopic (exact) mass is 353 g/mol. The Balaban J connectivity index is 1.83. The number of ether oxygens (including phenoxy) is 1. The molecule has 0 bridgehead atoms. The number of ketones is 1. The second-order valence-corrected chi connectivity index (χ2v) is 6.83. The van der Waals surface area contributed by atoms with Gasteiger partial charge < -0.3 is 14.7 Å². The van der Waals surface area contributed by atoms with Crippen LogP contribution in [0.5, 0.6) is 5.75 Å². The molecule has 0 aliphatic carbocycles. The molecule has 0 spiro atoms. The van der Waals surface area contributed by atoms with Crippen molar-refractivity contribution in [3.05, 3.63) is 59.2 Å². The number of Topliss-reactive ketones (excluding diaryl/α,β-unsaturated/α-hetero) is 1. The molecule has 1 atom stereocenters. The van der Waals surface area contributed by atoms with Crippen molar-refractivity contribution in [1.82, 2.24) is 0 Å². The Morgan fingerprint density at radius 2 is 1.92 bits per heavy atom. The van der Waals surface area contributed by atoms with E-state index in [1.165, 1.54) is 11.8 Å².